The van der Waals surface area contributed by atoms with Crippen LogP contribution in [0.15, 0.2) is 104 Å². The van der Waals surface area contributed by atoms with Crippen molar-refractivity contribution in [2.24, 2.45) is 11.8 Å². The number of aromatic nitrogens is 1. The maximum atomic E-state index is 12.1. The third kappa shape index (κ3) is 3.16. The van der Waals surface area contributed by atoms with Gasteiger partial charge in [-0.15, -0.1) is 6.58 Å². The summed E-state index contributed by atoms with van der Waals surface area (Å²) in [7, 11) is 0. The van der Waals surface area contributed by atoms with Crippen LogP contribution in [0.3, 0.4) is 0 Å². The largest absolute Gasteiger partial charge is 0.382 e. The molecule has 0 spiro atoms. The van der Waals surface area contributed by atoms with E-state index >= 15 is 0 Å². The number of para-hydroxylation sites is 1. The highest BCUT2D eigenvalue weighted by Gasteiger charge is 2.55. The molecule has 36 heavy (non-hydrogen) atoms. The number of piperidine rings is 3. The summed E-state index contributed by atoms with van der Waals surface area (Å²) in [4.78, 5) is 4.56. The number of nitrogens with zero attached hydrogens (tertiary/aromatic N) is 2. The van der Waals surface area contributed by atoms with Gasteiger partial charge in [-0.25, -0.2) is 0 Å². The van der Waals surface area contributed by atoms with Gasteiger partial charge in [0.05, 0.1) is 18.6 Å². The SMILES string of the molecule is C=C[C@@H]1C[N+]2(c3cccc4cc5ccccc5cc34)CC[C@@H]1C[C@@H]2[C@@H](O)c1ccnc2ccccc12. The Morgan fingerprint density at radius 3 is 2.53 bits per heavy atom. The summed E-state index contributed by atoms with van der Waals surface area (Å²) in [5.74, 6) is 1.04. The first-order valence-corrected chi connectivity index (χ1v) is 13.1. The van der Waals surface area contributed by atoms with Crippen LogP contribution in [-0.4, -0.2) is 29.2 Å². The number of rotatable bonds is 4. The van der Waals surface area contributed by atoms with Gasteiger partial charge in [-0.3, -0.25) is 9.47 Å². The molecule has 0 saturated carbocycles. The predicted molar refractivity (Wildman–Crippen MR) is 150 cm³/mol. The van der Waals surface area contributed by atoms with Crippen LogP contribution in [0.2, 0.25) is 0 Å². The Labute approximate surface area is 211 Å². The van der Waals surface area contributed by atoms with Crippen LogP contribution in [0, 0.1) is 11.8 Å². The van der Waals surface area contributed by atoms with Crippen molar-refractivity contribution in [3.05, 3.63) is 109 Å². The zero-order valence-electron chi connectivity index (χ0n) is 20.4. The van der Waals surface area contributed by atoms with Gasteiger partial charge >= 0.3 is 0 Å². The second-order valence-electron chi connectivity index (χ2n) is 10.8. The quantitative estimate of drug-likeness (QED) is 0.171. The van der Waals surface area contributed by atoms with Crippen LogP contribution >= 0.6 is 0 Å². The Balaban J connectivity index is 1.44. The van der Waals surface area contributed by atoms with Crippen molar-refractivity contribution in [2.45, 2.75) is 25.0 Å². The number of fused-ring (bicyclic) bond motifs is 6. The molecule has 4 aromatic carbocycles. The number of aliphatic hydroxyl groups is 1. The van der Waals surface area contributed by atoms with Crippen molar-refractivity contribution in [1.29, 1.82) is 0 Å². The maximum absolute atomic E-state index is 12.1. The number of hydrogen-bond donors (Lipinski definition) is 1. The molecule has 3 heteroatoms. The molecule has 3 aliphatic heterocycles. The summed E-state index contributed by atoms with van der Waals surface area (Å²) in [5.41, 5.74) is 3.28. The van der Waals surface area contributed by atoms with Crippen LogP contribution < -0.4 is 4.48 Å². The first kappa shape index (κ1) is 21.7. The molecule has 0 amide bonds. The average molecular weight is 472 g/mol. The first-order chi connectivity index (χ1) is 17.7. The number of aliphatic hydroxyl groups excluding tert-OH is 1. The monoisotopic (exact) mass is 471 g/mol. The Bertz CT molecular complexity index is 1620. The first-order valence-electron chi connectivity index (χ1n) is 13.1. The molecule has 1 aromatic heterocycles. The van der Waals surface area contributed by atoms with Gasteiger partial charge in [0.15, 0.2) is 0 Å². The molecular formula is C33H31N2O+. The molecule has 3 aliphatic rings. The van der Waals surface area contributed by atoms with E-state index in [4.69, 9.17) is 0 Å². The number of quaternary nitrogens is 1. The number of hydrogen-bond acceptors (Lipinski definition) is 2. The molecule has 4 heterocycles. The zero-order valence-corrected chi connectivity index (χ0v) is 20.4. The summed E-state index contributed by atoms with van der Waals surface area (Å²) >= 11 is 0. The molecule has 3 nitrogen and oxygen atoms in total. The fraction of sp³-hybridized carbons (Fsp3) is 0.242. The summed E-state index contributed by atoms with van der Waals surface area (Å²) < 4.78 is 0.806. The molecule has 3 fully saturated rings. The van der Waals surface area contributed by atoms with E-state index in [1.807, 2.05) is 30.5 Å². The Kier molecular flexibility index (Phi) is 4.99. The van der Waals surface area contributed by atoms with Crippen molar-refractivity contribution >= 4 is 38.1 Å². The summed E-state index contributed by atoms with van der Waals surface area (Å²) in [6, 6.07) is 30.3. The molecule has 1 N–H and O–H groups in total. The average Bonchev–Trinajstić information content (AvgIpc) is 2.95. The Morgan fingerprint density at radius 1 is 0.889 bits per heavy atom. The van der Waals surface area contributed by atoms with Gasteiger partial charge in [0.2, 0.25) is 0 Å². The van der Waals surface area contributed by atoms with Crippen LogP contribution in [0.25, 0.3) is 32.4 Å². The highest BCUT2D eigenvalue weighted by molar-refractivity contribution is 6.03. The van der Waals surface area contributed by atoms with Crippen molar-refractivity contribution in [3.8, 4) is 0 Å². The van der Waals surface area contributed by atoms with Gasteiger partial charge < -0.3 is 5.11 Å². The van der Waals surface area contributed by atoms with Gasteiger partial charge in [0.25, 0.3) is 0 Å². The molecule has 0 aliphatic carbocycles. The van der Waals surface area contributed by atoms with E-state index < -0.39 is 6.10 Å². The molecular weight excluding hydrogens is 440 g/mol. The van der Waals surface area contributed by atoms with E-state index in [2.05, 4.69) is 78.3 Å². The lowest BCUT2D eigenvalue weighted by molar-refractivity contribution is -0.0387. The van der Waals surface area contributed by atoms with E-state index in [1.165, 1.54) is 33.7 Å². The van der Waals surface area contributed by atoms with Crippen LogP contribution in [-0.2, 0) is 0 Å². The summed E-state index contributed by atoms with van der Waals surface area (Å²) in [6.45, 7) is 6.26. The maximum Gasteiger partial charge on any atom is 0.141 e. The Hall–Kier alpha value is -3.53. The smallest absolute Gasteiger partial charge is 0.141 e. The second-order valence-corrected chi connectivity index (χ2v) is 10.8. The van der Waals surface area contributed by atoms with E-state index in [-0.39, 0.29) is 6.04 Å². The number of benzene rings is 4. The van der Waals surface area contributed by atoms with Crippen molar-refractivity contribution in [3.63, 3.8) is 0 Å². The zero-order chi connectivity index (χ0) is 24.3. The van der Waals surface area contributed by atoms with E-state index in [0.717, 1.165) is 40.5 Å². The fourth-order valence-electron chi connectivity index (χ4n) is 7.32. The lowest BCUT2D eigenvalue weighted by Crippen LogP contribution is -2.69. The van der Waals surface area contributed by atoms with Gasteiger partial charge in [-0.2, -0.15) is 0 Å². The highest BCUT2D eigenvalue weighted by atomic mass is 16.3. The predicted octanol–water partition coefficient (Wildman–Crippen LogP) is 7.18. The topological polar surface area (TPSA) is 33.1 Å². The van der Waals surface area contributed by atoms with Gasteiger partial charge in [-0.1, -0.05) is 60.7 Å². The highest BCUT2D eigenvalue weighted by Crippen LogP contribution is 2.51. The minimum atomic E-state index is -0.567. The molecule has 1 unspecified atom stereocenters. The van der Waals surface area contributed by atoms with Crippen LogP contribution in [0.5, 0.6) is 0 Å². The molecule has 5 atom stereocenters. The molecule has 0 radical (unpaired) electrons. The lowest BCUT2D eigenvalue weighted by Gasteiger charge is -2.57. The molecule has 5 aromatic rings. The van der Waals surface area contributed by atoms with E-state index in [0.29, 0.717) is 11.8 Å². The van der Waals surface area contributed by atoms with Crippen LogP contribution in [0.4, 0.5) is 5.69 Å². The number of pyridine rings is 1. The molecule has 3 saturated heterocycles. The standard InChI is InChI=1S/C33H31N2O/c1-2-22-21-35(31-13-7-10-26-18-23-8-3-4-9-24(23)19-29(26)31)17-15-25(22)20-32(35)33(36)28-14-16-34-30-12-6-5-11-27(28)30/h2-14,16,18-19,22,25,32-33,36H,1,15,17,20-21H2/q+1/t22-,25-,32-,33+,35?/m1/s1. The normalized spacial score (nSPS) is 26.4. The Morgan fingerprint density at radius 2 is 1.67 bits per heavy atom. The second kappa shape index (κ2) is 8.26. The molecule has 2 bridgehead atoms. The third-order valence-corrected chi connectivity index (χ3v) is 9.09. The molecule has 8 rings (SSSR count). The fourth-order valence-corrected chi connectivity index (χ4v) is 7.32. The van der Waals surface area contributed by atoms with Gasteiger partial charge in [0, 0.05) is 35.7 Å². The van der Waals surface area contributed by atoms with Gasteiger partial charge in [-0.05, 0) is 58.0 Å². The minimum Gasteiger partial charge on any atom is -0.382 e. The third-order valence-electron chi connectivity index (χ3n) is 9.09. The van der Waals surface area contributed by atoms with Gasteiger partial charge in [0.1, 0.15) is 17.8 Å². The molecule has 178 valence electrons. The van der Waals surface area contributed by atoms with Crippen molar-refractivity contribution < 1.29 is 5.11 Å². The lowest BCUT2D eigenvalue weighted by atomic mass is 9.70. The van der Waals surface area contributed by atoms with Crippen molar-refractivity contribution in [1.82, 2.24) is 9.47 Å². The minimum absolute atomic E-state index is 0.0860. The summed E-state index contributed by atoms with van der Waals surface area (Å²) in [6.07, 6.45) is 5.61. The van der Waals surface area contributed by atoms with E-state index in [9.17, 15) is 5.11 Å². The summed E-state index contributed by atoms with van der Waals surface area (Å²) in [5, 5.41) is 18.3. The van der Waals surface area contributed by atoms with E-state index in [1.54, 1.807) is 0 Å². The van der Waals surface area contributed by atoms with Crippen molar-refractivity contribution in [2.75, 3.05) is 13.1 Å². The van der Waals surface area contributed by atoms with Crippen LogP contribution in [0.1, 0.15) is 24.5 Å².